The van der Waals surface area contributed by atoms with Crippen molar-refractivity contribution in [1.82, 2.24) is 10.0 Å². The van der Waals surface area contributed by atoms with E-state index in [1.54, 1.807) is 13.8 Å². The number of carbonyl (C=O) groups excluding carboxylic acids is 2. The Labute approximate surface area is 226 Å². The molecule has 0 radical (unpaired) electrons. The number of esters is 1. The van der Waals surface area contributed by atoms with E-state index in [1.807, 2.05) is 27.7 Å². The van der Waals surface area contributed by atoms with Gasteiger partial charge in [-0.15, -0.1) is 0 Å². The number of hydrogen-bond acceptors (Lipinski definition) is 8. The summed E-state index contributed by atoms with van der Waals surface area (Å²) < 4.78 is 39.9. The number of rotatable bonds is 11. The first-order valence-electron chi connectivity index (χ1n) is 12.9. The lowest BCUT2D eigenvalue weighted by atomic mass is 9.88. The highest BCUT2D eigenvalue weighted by Gasteiger charge is 2.33. The molecule has 6 N–H and O–H groups in total. The summed E-state index contributed by atoms with van der Waals surface area (Å²) in [4.78, 5) is 28.4. The molecule has 0 spiro atoms. The van der Waals surface area contributed by atoms with Gasteiger partial charge in [-0.2, -0.15) is 0 Å². The van der Waals surface area contributed by atoms with E-state index in [4.69, 9.17) is 20.9 Å². The molecule has 1 aromatic rings. The first kappa shape index (κ1) is 31.4. The topological polar surface area (TPSA) is 175 Å². The van der Waals surface area contributed by atoms with Crippen LogP contribution in [0.25, 0.3) is 0 Å². The molecule has 0 aliphatic carbocycles. The molecule has 214 valence electrons. The van der Waals surface area contributed by atoms with E-state index >= 15 is 0 Å². The zero-order valence-electron chi connectivity index (χ0n) is 23.6. The molecule has 38 heavy (non-hydrogen) atoms. The van der Waals surface area contributed by atoms with Crippen molar-refractivity contribution in [2.75, 3.05) is 13.7 Å². The minimum atomic E-state index is -4.00. The second-order valence-electron chi connectivity index (χ2n) is 10.4. The summed E-state index contributed by atoms with van der Waals surface area (Å²) in [5.74, 6) is -0.478. The molecule has 0 fully saturated rings. The average Bonchev–Trinajstić information content (AvgIpc) is 2.83. The fraction of sp³-hybridized carbons (Fsp3) is 0.654. The number of methoxy groups -OCH3 is 1. The van der Waals surface area contributed by atoms with Crippen LogP contribution in [0.2, 0.25) is 0 Å². The standard InChI is InChI=1S/C26H43N5O6S/c1-8-10-20(24(33)36-7)30-23(32)19(27)11-9-14-29-25(28)31-38(34,35)22-16(3)15(2)21-18(17(22)4)12-13-26(5,6)37-21/h19-20H,8-14,27H2,1-7H3,(H,30,32)(H3,28,29,31)/t19-,20+/m0/s1. The number of fused-ring (bicyclic) bond motifs is 1. The molecule has 2 rings (SSSR count). The predicted molar refractivity (Wildman–Crippen MR) is 147 cm³/mol. The number of sulfonamides is 1. The van der Waals surface area contributed by atoms with E-state index < -0.39 is 34.0 Å². The summed E-state index contributed by atoms with van der Waals surface area (Å²) in [5.41, 5.74) is 14.5. The fourth-order valence-electron chi connectivity index (χ4n) is 4.57. The average molecular weight is 554 g/mol. The summed E-state index contributed by atoms with van der Waals surface area (Å²) >= 11 is 0. The van der Waals surface area contributed by atoms with E-state index in [1.165, 1.54) is 7.11 Å². The Hall–Kier alpha value is -2.86. The number of amides is 1. The van der Waals surface area contributed by atoms with Crippen LogP contribution in [-0.4, -0.2) is 57.6 Å². The molecular weight excluding hydrogens is 510 g/mol. The van der Waals surface area contributed by atoms with Crippen molar-refractivity contribution in [2.45, 2.75) is 103 Å². The van der Waals surface area contributed by atoms with Gasteiger partial charge in [0.1, 0.15) is 17.4 Å². The second kappa shape index (κ2) is 12.8. The van der Waals surface area contributed by atoms with Gasteiger partial charge in [-0.25, -0.2) is 17.9 Å². The van der Waals surface area contributed by atoms with E-state index in [2.05, 4.69) is 15.0 Å². The Bertz CT molecular complexity index is 1180. The second-order valence-corrected chi connectivity index (χ2v) is 12.0. The smallest absolute Gasteiger partial charge is 0.328 e. The van der Waals surface area contributed by atoms with Crippen LogP contribution in [0.4, 0.5) is 0 Å². The molecule has 0 bridgehead atoms. The van der Waals surface area contributed by atoms with Crippen molar-refractivity contribution in [3.05, 3.63) is 22.3 Å². The van der Waals surface area contributed by atoms with E-state index in [0.717, 1.165) is 23.3 Å². The van der Waals surface area contributed by atoms with Crippen LogP contribution in [0.15, 0.2) is 9.89 Å². The normalized spacial score (nSPS) is 16.6. The van der Waals surface area contributed by atoms with Gasteiger partial charge in [0.25, 0.3) is 10.0 Å². The third-order valence-electron chi connectivity index (χ3n) is 6.85. The number of nitrogens with zero attached hydrogens (tertiary/aromatic N) is 1. The molecule has 0 saturated carbocycles. The van der Waals surface area contributed by atoms with Gasteiger partial charge < -0.3 is 26.3 Å². The minimum Gasteiger partial charge on any atom is -0.487 e. The molecule has 1 aliphatic rings. The van der Waals surface area contributed by atoms with Crippen molar-refractivity contribution in [2.24, 2.45) is 16.5 Å². The molecule has 0 aromatic heterocycles. The van der Waals surface area contributed by atoms with Crippen molar-refractivity contribution < 1.29 is 27.5 Å². The van der Waals surface area contributed by atoms with Gasteiger partial charge in [-0.1, -0.05) is 13.3 Å². The first-order valence-corrected chi connectivity index (χ1v) is 14.4. The molecule has 2 atom stereocenters. The molecule has 1 heterocycles. The van der Waals surface area contributed by atoms with Gasteiger partial charge in [0.05, 0.1) is 18.0 Å². The largest absolute Gasteiger partial charge is 0.487 e. The van der Waals surface area contributed by atoms with Gasteiger partial charge in [-0.05, 0) is 89.0 Å². The highest BCUT2D eigenvalue weighted by molar-refractivity contribution is 7.90. The SMILES string of the molecule is CCC[C@@H](NC(=O)[C@@H](N)CCCN=C(N)NS(=O)(=O)c1c(C)c(C)c2c(c1C)CCC(C)(C)O2)C(=O)OC. The number of guanidine groups is 1. The maximum absolute atomic E-state index is 13.3. The number of carbonyl (C=O) groups is 2. The van der Waals surface area contributed by atoms with Gasteiger partial charge in [0, 0.05) is 6.54 Å². The van der Waals surface area contributed by atoms with Crippen molar-refractivity contribution >= 4 is 27.9 Å². The van der Waals surface area contributed by atoms with Gasteiger partial charge >= 0.3 is 5.97 Å². The summed E-state index contributed by atoms with van der Waals surface area (Å²) in [5, 5.41) is 2.61. The molecule has 0 unspecified atom stereocenters. The summed E-state index contributed by atoms with van der Waals surface area (Å²) in [6.07, 6.45) is 3.29. The Morgan fingerprint density at radius 2 is 1.82 bits per heavy atom. The molecule has 1 aliphatic heterocycles. The monoisotopic (exact) mass is 553 g/mol. The van der Waals surface area contributed by atoms with Crippen LogP contribution in [-0.2, 0) is 30.8 Å². The lowest BCUT2D eigenvalue weighted by Gasteiger charge is -2.35. The lowest BCUT2D eigenvalue weighted by molar-refractivity contribution is -0.145. The van der Waals surface area contributed by atoms with Crippen molar-refractivity contribution in [1.29, 1.82) is 0 Å². The third kappa shape index (κ3) is 7.59. The Morgan fingerprint density at radius 3 is 2.42 bits per heavy atom. The van der Waals surface area contributed by atoms with Crippen LogP contribution in [0.1, 0.15) is 75.1 Å². The molecule has 11 nitrogen and oxygen atoms in total. The van der Waals surface area contributed by atoms with Crippen LogP contribution < -0.4 is 26.2 Å². The Balaban J connectivity index is 2.03. The number of nitrogens with two attached hydrogens (primary N) is 2. The summed E-state index contributed by atoms with van der Waals surface area (Å²) in [6, 6.07) is -1.60. The molecular formula is C26H43N5O6S. The minimum absolute atomic E-state index is 0.162. The maximum Gasteiger partial charge on any atom is 0.328 e. The van der Waals surface area contributed by atoms with E-state index in [9.17, 15) is 18.0 Å². The highest BCUT2D eigenvalue weighted by atomic mass is 32.2. The van der Waals surface area contributed by atoms with Gasteiger partial charge in [0.2, 0.25) is 11.9 Å². The molecule has 12 heteroatoms. The highest BCUT2D eigenvalue weighted by Crippen LogP contribution is 2.42. The quantitative estimate of drug-likeness (QED) is 0.139. The van der Waals surface area contributed by atoms with Crippen LogP contribution in [0.3, 0.4) is 0 Å². The predicted octanol–water partition coefficient (Wildman–Crippen LogP) is 1.87. The van der Waals surface area contributed by atoms with Crippen LogP contribution >= 0.6 is 0 Å². The summed E-state index contributed by atoms with van der Waals surface area (Å²) in [7, 11) is -2.73. The molecule has 1 amide bonds. The summed E-state index contributed by atoms with van der Waals surface area (Å²) in [6.45, 7) is 11.5. The molecule has 0 saturated heterocycles. The zero-order chi connectivity index (χ0) is 28.8. The van der Waals surface area contributed by atoms with Crippen molar-refractivity contribution in [3.8, 4) is 5.75 Å². The number of benzene rings is 1. The van der Waals surface area contributed by atoms with Crippen LogP contribution in [0, 0.1) is 20.8 Å². The maximum atomic E-state index is 13.3. The van der Waals surface area contributed by atoms with Crippen LogP contribution in [0.5, 0.6) is 5.75 Å². The fourth-order valence-corrected chi connectivity index (χ4v) is 6.10. The van der Waals surface area contributed by atoms with E-state index in [-0.39, 0.29) is 29.4 Å². The number of aliphatic imine (C=N–C) groups is 1. The Morgan fingerprint density at radius 1 is 1.16 bits per heavy atom. The number of hydrogen-bond donors (Lipinski definition) is 4. The number of ether oxygens (including phenoxy) is 2. The van der Waals surface area contributed by atoms with Gasteiger partial charge in [-0.3, -0.25) is 9.79 Å². The Kier molecular flexibility index (Phi) is 10.6. The van der Waals surface area contributed by atoms with E-state index in [0.29, 0.717) is 36.8 Å². The third-order valence-corrected chi connectivity index (χ3v) is 8.47. The first-order chi connectivity index (χ1) is 17.6. The van der Waals surface area contributed by atoms with Crippen molar-refractivity contribution in [3.63, 3.8) is 0 Å². The zero-order valence-corrected chi connectivity index (χ0v) is 24.4. The number of nitrogens with one attached hydrogen (secondary N) is 2. The lowest BCUT2D eigenvalue weighted by Crippen LogP contribution is -2.48. The van der Waals surface area contributed by atoms with Gasteiger partial charge in [0.15, 0.2) is 0 Å². The molecule has 1 aromatic carbocycles.